The van der Waals surface area contributed by atoms with E-state index in [1.165, 1.54) is 0 Å². The quantitative estimate of drug-likeness (QED) is 0.912. The molecule has 0 amide bonds. The molecular formula is C14H18F2N2O. The minimum Gasteiger partial charge on any atom is -0.495 e. The van der Waals surface area contributed by atoms with Crippen LogP contribution in [0.5, 0.6) is 5.75 Å². The number of anilines is 1. The highest BCUT2D eigenvalue weighted by Crippen LogP contribution is 2.37. The van der Waals surface area contributed by atoms with Gasteiger partial charge in [0.15, 0.2) is 0 Å². The second kappa shape index (κ2) is 5.55. The van der Waals surface area contributed by atoms with Crippen LogP contribution >= 0.6 is 0 Å². The molecule has 0 unspecified atom stereocenters. The van der Waals surface area contributed by atoms with Crippen LogP contribution in [0.25, 0.3) is 6.08 Å². The molecule has 0 aliphatic heterocycles. The number of alkyl halides is 2. The molecule has 0 atom stereocenters. The molecule has 5 heteroatoms. The molecule has 1 aromatic heterocycles. The number of hydrogen-bond acceptors (Lipinski definition) is 3. The molecule has 0 spiro atoms. The third-order valence-electron chi connectivity index (χ3n) is 3.45. The number of nitrogens with zero attached hydrogens (tertiary/aromatic N) is 1. The Morgan fingerprint density at radius 1 is 1.42 bits per heavy atom. The van der Waals surface area contributed by atoms with Gasteiger partial charge in [-0.05, 0) is 24.8 Å². The molecule has 1 aliphatic rings. The Balaban J connectivity index is 2.05. The van der Waals surface area contributed by atoms with Crippen molar-refractivity contribution < 1.29 is 13.5 Å². The van der Waals surface area contributed by atoms with Crippen LogP contribution in [0, 0.1) is 5.92 Å². The SMILES string of the molecule is COc1cnc(N)cc1/C=C/C1CCC(F)(F)CC1. The van der Waals surface area contributed by atoms with E-state index in [9.17, 15) is 8.78 Å². The van der Waals surface area contributed by atoms with E-state index in [-0.39, 0.29) is 18.8 Å². The maximum absolute atomic E-state index is 13.0. The van der Waals surface area contributed by atoms with Crippen LogP contribution < -0.4 is 10.5 Å². The van der Waals surface area contributed by atoms with E-state index in [2.05, 4.69) is 4.98 Å². The lowest BCUT2D eigenvalue weighted by atomic mass is 9.86. The predicted molar refractivity (Wildman–Crippen MR) is 71.1 cm³/mol. The van der Waals surface area contributed by atoms with Crippen LogP contribution in [0.15, 0.2) is 18.3 Å². The molecule has 3 nitrogen and oxygen atoms in total. The Morgan fingerprint density at radius 2 is 2.11 bits per heavy atom. The first-order chi connectivity index (χ1) is 9.00. The molecule has 1 aliphatic carbocycles. The van der Waals surface area contributed by atoms with E-state index in [0.717, 1.165) is 5.56 Å². The Bertz CT molecular complexity index is 465. The summed E-state index contributed by atoms with van der Waals surface area (Å²) in [6, 6.07) is 1.72. The molecule has 1 heterocycles. The summed E-state index contributed by atoms with van der Waals surface area (Å²) in [5.74, 6) is -1.25. The molecule has 2 N–H and O–H groups in total. The van der Waals surface area contributed by atoms with Crippen LogP contribution in [0.1, 0.15) is 31.2 Å². The summed E-state index contributed by atoms with van der Waals surface area (Å²) in [7, 11) is 1.56. The van der Waals surface area contributed by atoms with E-state index in [0.29, 0.717) is 24.4 Å². The predicted octanol–water partition coefficient (Wildman–Crippen LogP) is 3.51. The molecule has 1 saturated carbocycles. The fourth-order valence-electron chi connectivity index (χ4n) is 2.27. The molecular weight excluding hydrogens is 250 g/mol. The zero-order chi connectivity index (χ0) is 13.9. The number of nitrogen functional groups attached to an aromatic ring is 1. The van der Waals surface area contributed by atoms with Crippen molar-refractivity contribution >= 4 is 11.9 Å². The van der Waals surface area contributed by atoms with Gasteiger partial charge in [0.05, 0.1) is 13.3 Å². The van der Waals surface area contributed by atoms with Gasteiger partial charge in [0.2, 0.25) is 5.92 Å². The summed E-state index contributed by atoms with van der Waals surface area (Å²) in [4.78, 5) is 3.94. The third kappa shape index (κ3) is 3.66. The third-order valence-corrected chi connectivity index (χ3v) is 3.45. The fourth-order valence-corrected chi connectivity index (χ4v) is 2.27. The van der Waals surface area contributed by atoms with Gasteiger partial charge in [-0.15, -0.1) is 0 Å². The van der Waals surface area contributed by atoms with Gasteiger partial charge < -0.3 is 10.5 Å². The number of methoxy groups -OCH3 is 1. The Morgan fingerprint density at radius 3 is 2.74 bits per heavy atom. The lowest BCUT2D eigenvalue weighted by molar-refractivity contribution is -0.0410. The molecule has 0 aromatic carbocycles. The number of halogens is 2. The van der Waals surface area contributed by atoms with Gasteiger partial charge >= 0.3 is 0 Å². The fraction of sp³-hybridized carbons (Fsp3) is 0.500. The lowest BCUT2D eigenvalue weighted by Gasteiger charge is -2.26. The molecule has 19 heavy (non-hydrogen) atoms. The molecule has 2 rings (SSSR count). The van der Waals surface area contributed by atoms with Crippen molar-refractivity contribution in [3.63, 3.8) is 0 Å². The molecule has 0 bridgehead atoms. The summed E-state index contributed by atoms with van der Waals surface area (Å²) in [6.07, 6.45) is 6.38. The summed E-state index contributed by atoms with van der Waals surface area (Å²) in [5.41, 5.74) is 6.45. The normalized spacial score (nSPS) is 19.7. The van der Waals surface area contributed by atoms with Gasteiger partial charge in [0.25, 0.3) is 0 Å². The van der Waals surface area contributed by atoms with Crippen LogP contribution in [-0.4, -0.2) is 18.0 Å². The monoisotopic (exact) mass is 268 g/mol. The van der Waals surface area contributed by atoms with Crippen LogP contribution in [0.3, 0.4) is 0 Å². The summed E-state index contributed by atoms with van der Waals surface area (Å²) < 4.78 is 31.3. The maximum Gasteiger partial charge on any atom is 0.248 e. The lowest BCUT2D eigenvalue weighted by Crippen LogP contribution is -2.23. The minimum atomic E-state index is -2.48. The van der Waals surface area contributed by atoms with Crippen molar-refractivity contribution in [2.24, 2.45) is 5.92 Å². The Labute approximate surface area is 111 Å². The van der Waals surface area contributed by atoms with Crippen molar-refractivity contribution in [1.82, 2.24) is 4.98 Å². The molecule has 104 valence electrons. The summed E-state index contributed by atoms with van der Waals surface area (Å²) in [6.45, 7) is 0. The van der Waals surface area contributed by atoms with Gasteiger partial charge in [0, 0.05) is 18.4 Å². The topological polar surface area (TPSA) is 48.1 Å². The van der Waals surface area contributed by atoms with E-state index in [4.69, 9.17) is 10.5 Å². The maximum atomic E-state index is 13.0. The summed E-state index contributed by atoms with van der Waals surface area (Å²) in [5, 5.41) is 0. The van der Waals surface area contributed by atoms with Crippen LogP contribution in [-0.2, 0) is 0 Å². The van der Waals surface area contributed by atoms with Gasteiger partial charge in [-0.1, -0.05) is 12.2 Å². The van der Waals surface area contributed by atoms with Crippen molar-refractivity contribution in [2.75, 3.05) is 12.8 Å². The van der Waals surface area contributed by atoms with Crippen molar-refractivity contribution in [1.29, 1.82) is 0 Å². The highest BCUT2D eigenvalue weighted by Gasteiger charge is 2.33. The Kier molecular flexibility index (Phi) is 4.02. The summed E-state index contributed by atoms with van der Waals surface area (Å²) >= 11 is 0. The number of pyridine rings is 1. The van der Waals surface area contributed by atoms with Gasteiger partial charge in [-0.2, -0.15) is 0 Å². The number of aromatic nitrogens is 1. The van der Waals surface area contributed by atoms with Crippen molar-refractivity contribution in [3.8, 4) is 5.75 Å². The smallest absolute Gasteiger partial charge is 0.248 e. The zero-order valence-electron chi connectivity index (χ0n) is 10.9. The minimum absolute atomic E-state index is 0.0301. The standard InChI is InChI=1S/C14H18F2N2O/c1-19-12-9-18-13(17)8-11(12)3-2-10-4-6-14(15,16)7-5-10/h2-3,8-10H,4-7H2,1H3,(H2,17,18)/b3-2+. The van der Waals surface area contributed by atoms with Crippen LogP contribution in [0.2, 0.25) is 0 Å². The van der Waals surface area contributed by atoms with E-state index in [1.54, 1.807) is 19.4 Å². The van der Waals surface area contributed by atoms with Gasteiger partial charge in [0.1, 0.15) is 11.6 Å². The number of rotatable bonds is 3. The van der Waals surface area contributed by atoms with Crippen molar-refractivity contribution in [2.45, 2.75) is 31.6 Å². The number of nitrogens with two attached hydrogens (primary N) is 1. The zero-order valence-corrected chi connectivity index (χ0v) is 10.9. The highest BCUT2D eigenvalue weighted by molar-refractivity contribution is 5.60. The first-order valence-corrected chi connectivity index (χ1v) is 6.36. The molecule has 0 radical (unpaired) electrons. The average Bonchev–Trinajstić information content (AvgIpc) is 2.38. The Hall–Kier alpha value is -1.65. The van der Waals surface area contributed by atoms with E-state index in [1.807, 2.05) is 12.2 Å². The van der Waals surface area contributed by atoms with Gasteiger partial charge in [-0.3, -0.25) is 0 Å². The van der Waals surface area contributed by atoms with E-state index >= 15 is 0 Å². The highest BCUT2D eigenvalue weighted by atomic mass is 19.3. The van der Waals surface area contributed by atoms with Gasteiger partial charge in [-0.25, -0.2) is 13.8 Å². The second-order valence-electron chi connectivity index (χ2n) is 4.90. The van der Waals surface area contributed by atoms with Crippen molar-refractivity contribution in [3.05, 3.63) is 23.9 Å². The number of hydrogen-bond donors (Lipinski definition) is 1. The average molecular weight is 268 g/mol. The molecule has 1 fully saturated rings. The largest absolute Gasteiger partial charge is 0.495 e. The van der Waals surface area contributed by atoms with E-state index < -0.39 is 5.92 Å². The molecule has 1 aromatic rings. The first-order valence-electron chi connectivity index (χ1n) is 6.36. The van der Waals surface area contributed by atoms with Crippen LogP contribution in [0.4, 0.5) is 14.6 Å². The molecule has 0 saturated heterocycles. The first kappa shape index (κ1) is 13.8. The second-order valence-corrected chi connectivity index (χ2v) is 4.90. The number of ether oxygens (including phenoxy) is 1. The number of allylic oxidation sites excluding steroid dienone is 1.